The highest BCUT2D eigenvalue weighted by Crippen LogP contribution is 2.29. The van der Waals surface area contributed by atoms with Crippen LogP contribution < -0.4 is 5.32 Å². The van der Waals surface area contributed by atoms with E-state index in [0.29, 0.717) is 11.3 Å². The van der Waals surface area contributed by atoms with Gasteiger partial charge in [0.05, 0.1) is 0 Å². The minimum absolute atomic E-state index is 0.00780. The molecule has 0 unspecified atom stereocenters. The van der Waals surface area contributed by atoms with E-state index in [-0.39, 0.29) is 29.1 Å². The molecule has 138 valence electrons. The van der Waals surface area contributed by atoms with E-state index >= 15 is 0 Å². The minimum atomic E-state index is -4.53. The normalized spacial score (nSPS) is 11.7. The lowest BCUT2D eigenvalue weighted by Gasteiger charge is -2.08. The molecule has 0 atom stereocenters. The number of aromatic nitrogens is 2. The van der Waals surface area contributed by atoms with Crippen molar-refractivity contribution in [1.82, 2.24) is 15.3 Å². The maximum Gasteiger partial charge on any atom is 0.433 e. The maximum absolute atomic E-state index is 12.8. The predicted octanol–water partition coefficient (Wildman–Crippen LogP) is 3.86. The van der Waals surface area contributed by atoms with Crippen molar-refractivity contribution in [3.63, 3.8) is 0 Å². The van der Waals surface area contributed by atoms with E-state index in [1.165, 1.54) is 43.3 Å². The molecule has 0 aliphatic rings. The number of hydrogen-bond acceptors (Lipinski definition) is 4. The number of nitrogens with zero attached hydrogens (tertiary/aromatic N) is 2. The summed E-state index contributed by atoms with van der Waals surface area (Å²) in [6.07, 6.45) is -1.70. The molecule has 2 rings (SSSR count). The van der Waals surface area contributed by atoms with Crippen LogP contribution in [0.4, 0.5) is 17.6 Å². The Morgan fingerprint density at radius 1 is 1.23 bits per heavy atom. The fraction of sp³-hybridized carbons (Fsp3) is 0.235. The van der Waals surface area contributed by atoms with Crippen LogP contribution in [-0.2, 0) is 11.0 Å². The SMILES string of the molecule is Cc1cc(C(F)(F)F)nc(SCCNC(=O)C=Cc2ccc(F)cc2)n1. The minimum Gasteiger partial charge on any atom is -0.352 e. The van der Waals surface area contributed by atoms with E-state index < -0.39 is 11.9 Å². The van der Waals surface area contributed by atoms with Crippen LogP contribution in [0, 0.1) is 12.7 Å². The summed E-state index contributed by atoms with van der Waals surface area (Å²) >= 11 is 1.02. The van der Waals surface area contributed by atoms with Crippen molar-refractivity contribution in [2.75, 3.05) is 12.3 Å². The first-order valence-electron chi connectivity index (χ1n) is 7.51. The first-order chi connectivity index (χ1) is 12.2. The van der Waals surface area contributed by atoms with Crippen molar-refractivity contribution >= 4 is 23.7 Å². The lowest BCUT2D eigenvalue weighted by atomic mass is 10.2. The molecule has 0 saturated heterocycles. The Labute approximate surface area is 151 Å². The van der Waals surface area contributed by atoms with Crippen LogP contribution in [0.25, 0.3) is 6.08 Å². The highest BCUT2D eigenvalue weighted by atomic mass is 32.2. The summed E-state index contributed by atoms with van der Waals surface area (Å²) < 4.78 is 50.9. The van der Waals surface area contributed by atoms with Crippen molar-refractivity contribution in [2.45, 2.75) is 18.3 Å². The van der Waals surface area contributed by atoms with E-state index in [1.807, 2.05) is 0 Å². The van der Waals surface area contributed by atoms with Crippen LogP contribution in [0.1, 0.15) is 17.0 Å². The van der Waals surface area contributed by atoms with Gasteiger partial charge in [-0.05, 0) is 36.8 Å². The Morgan fingerprint density at radius 3 is 2.58 bits per heavy atom. The predicted molar refractivity (Wildman–Crippen MR) is 90.9 cm³/mol. The average Bonchev–Trinajstić information content (AvgIpc) is 2.57. The Kier molecular flexibility index (Phi) is 6.73. The molecule has 0 aliphatic heterocycles. The quantitative estimate of drug-likeness (QED) is 0.270. The van der Waals surface area contributed by atoms with E-state index in [0.717, 1.165) is 17.8 Å². The summed E-state index contributed by atoms with van der Waals surface area (Å²) in [6.45, 7) is 1.69. The molecule has 4 nitrogen and oxygen atoms in total. The second-order valence-electron chi connectivity index (χ2n) is 5.20. The van der Waals surface area contributed by atoms with Gasteiger partial charge in [0.2, 0.25) is 5.91 Å². The summed E-state index contributed by atoms with van der Waals surface area (Å²) in [4.78, 5) is 19.1. The lowest BCUT2D eigenvalue weighted by Crippen LogP contribution is -2.23. The first-order valence-corrected chi connectivity index (χ1v) is 8.50. The number of amides is 1. The highest BCUT2D eigenvalue weighted by Gasteiger charge is 2.33. The third-order valence-electron chi connectivity index (χ3n) is 3.05. The van der Waals surface area contributed by atoms with Gasteiger partial charge in [-0.25, -0.2) is 14.4 Å². The van der Waals surface area contributed by atoms with Crippen molar-refractivity contribution in [2.24, 2.45) is 0 Å². The van der Waals surface area contributed by atoms with Gasteiger partial charge in [0, 0.05) is 24.1 Å². The van der Waals surface area contributed by atoms with Gasteiger partial charge in [0.25, 0.3) is 0 Å². The van der Waals surface area contributed by atoms with Crippen molar-refractivity contribution in [3.05, 3.63) is 59.2 Å². The molecule has 1 amide bonds. The van der Waals surface area contributed by atoms with Crippen LogP contribution in [0.15, 0.2) is 41.6 Å². The van der Waals surface area contributed by atoms with E-state index in [4.69, 9.17) is 0 Å². The van der Waals surface area contributed by atoms with Crippen LogP contribution in [0.5, 0.6) is 0 Å². The zero-order chi connectivity index (χ0) is 19.2. The molecule has 0 bridgehead atoms. The second-order valence-corrected chi connectivity index (χ2v) is 6.26. The van der Waals surface area contributed by atoms with Gasteiger partial charge in [-0.15, -0.1) is 0 Å². The van der Waals surface area contributed by atoms with E-state index in [2.05, 4.69) is 15.3 Å². The lowest BCUT2D eigenvalue weighted by molar-refractivity contribution is -0.141. The summed E-state index contributed by atoms with van der Waals surface area (Å²) in [7, 11) is 0. The van der Waals surface area contributed by atoms with Crippen LogP contribution in [0.3, 0.4) is 0 Å². The number of carbonyl (C=O) groups excluding carboxylic acids is 1. The standard InChI is InChI=1S/C17H15F4N3OS/c1-11-10-14(17(19,20)21)24-16(23-11)26-9-8-22-15(25)7-4-12-2-5-13(18)6-3-12/h2-7,10H,8-9H2,1H3,(H,22,25). The average molecular weight is 385 g/mol. The summed E-state index contributed by atoms with van der Waals surface area (Å²) in [5, 5.41) is 2.60. The van der Waals surface area contributed by atoms with Crippen molar-refractivity contribution < 1.29 is 22.4 Å². The Morgan fingerprint density at radius 2 is 1.92 bits per heavy atom. The number of hydrogen-bond donors (Lipinski definition) is 1. The van der Waals surface area contributed by atoms with Gasteiger partial charge in [0.15, 0.2) is 5.16 Å². The number of alkyl halides is 3. The van der Waals surface area contributed by atoms with Crippen LogP contribution in [-0.4, -0.2) is 28.2 Å². The van der Waals surface area contributed by atoms with E-state index in [1.54, 1.807) is 0 Å². The maximum atomic E-state index is 12.8. The van der Waals surface area contributed by atoms with E-state index in [9.17, 15) is 22.4 Å². The van der Waals surface area contributed by atoms with Gasteiger partial charge < -0.3 is 5.32 Å². The second kappa shape index (κ2) is 8.79. The first kappa shape index (κ1) is 19.9. The number of benzene rings is 1. The van der Waals surface area contributed by atoms with Gasteiger partial charge >= 0.3 is 6.18 Å². The number of aryl methyl sites for hydroxylation is 1. The highest BCUT2D eigenvalue weighted by molar-refractivity contribution is 7.99. The zero-order valence-electron chi connectivity index (χ0n) is 13.7. The molecular formula is C17H15F4N3OS. The topological polar surface area (TPSA) is 54.9 Å². The largest absolute Gasteiger partial charge is 0.433 e. The monoisotopic (exact) mass is 385 g/mol. The number of thioether (sulfide) groups is 1. The molecule has 9 heteroatoms. The molecule has 26 heavy (non-hydrogen) atoms. The molecule has 0 aliphatic carbocycles. The number of rotatable bonds is 6. The van der Waals surface area contributed by atoms with Crippen molar-refractivity contribution in [3.8, 4) is 0 Å². The smallest absolute Gasteiger partial charge is 0.352 e. The number of halogens is 4. The Bertz CT molecular complexity index is 792. The summed E-state index contributed by atoms with van der Waals surface area (Å²) in [6, 6.07) is 6.51. The molecule has 0 spiro atoms. The summed E-state index contributed by atoms with van der Waals surface area (Å²) in [5.74, 6) is -0.414. The molecule has 1 aromatic heterocycles. The van der Waals surface area contributed by atoms with Gasteiger partial charge in [-0.3, -0.25) is 4.79 Å². The van der Waals surface area contributed by atoms with Gasteiger partial charge in [0.1, 0.15) is 11.5 Å². The van der Waals surface area contributed by atoms with Gasteiger partial charge in [-0.1, -0.05) is 23.9 Å². The van der Waals surface area contributed by atoms with Crippen LogP contribution in [0.2, 0.25) is 0 Å². The fourth-order valence-electron chi connectivity index (χ4n) is 1.87. The number of carbonyl (C=O) groups is 1. The third kappa shape index (κ3) is 6.47. The third-order valence-corrected chi connectivity index (χ3v) is 3.90. The molecular weight excluding hydrogens is 370 g/mol. The Balaban J connectivity index is 1.80. The fourth-order valence-corrected chi connectivity index (χ4v) is 2.63. The molecule has 0 radical (unpaired) electrons. The number of nitrogens with one attached hydrogen (secondary N) is 1. The van der Waals surface area contributed by atoms with Crippen molar-refractivity contribution in [1.29, 1.82) is 0 Å². The zero-order valence-corrected chi connectivity index (χ0v) is 14.5. The van der Waals surface area contributed by atoms with Gasteiger partial charge in [-0.2, -0.15) is 13.2 Å². The molecule has 1 aromatic carbocycles. The molecule has 1 N–H and O–H groups in total. The molecule has 1 heterocycles. The van der Waals surface area contributed by atoms with Crippen LogP contribution >= 0.6 is 11.8 Å². The molecule has 0 fully saturated rings. The molecule has 2 aromatic rings. The summed E-state index contributed by atoms with van der Waals surface area (Å²) in [5.41, 5.74) is -0.0939. The molecule has 0 saturated carbocycles. The Hall–Kier alpha value is -2.42.